The molecule has 0 saturated heterocycles. The number of nitrogens with two attached hydrogens (primary N) is 1. The third-order valence-corrected chi connectivity index (χ3v) is 3.65. The summed E-state index contributed by atoms with van der Waals surface area (Å²) in [6, 6.07) is 0.471. The van der Waals surface area contributed by atoms with Crippen LogP contribution in [0.5, 0.6) is 0 Å². The first kappa shape index (κ1) is 14.5. The lowest BCUT2D eigenvalue weighted by Gasteiger charge is -2.32. The molecule has 100 valence electrons. The minimum absolute atomic E-state index is 0.107. The second-order valence-corrected chi connectivity index (χ2v) is 5.47. The molecule has 2 N–H and O–H groups in total. The monoisotopic (exact) mass is 240 g/mol. The Balaban J connectivity index is 2.62. The molecule has 0 spiro atoms. The van der Waals surface area contributed by atoms with E-state index in [1.165, 1.54) is 38.5 Å². The Hall–Kier alpha value is -0.570. The number of carbonyl (C=O) groups is 1. The van der Waals surface area contributed by atoms with Gasteiger partial charge in [0.05, 0.1) is 0 Å². The summed E-state index contributed by atoms with van der Waals surface area (Å²) in [7, 11) is 0. The smallest absolute Gasteiger partial charge is 0.225 e. The van der Waals surface area contributed by atoms with Crippen LogP contribution in [0.15, 0.2) is 0 Å². The van der Waals surface area contributed by atoms with Crippen molar-refractivity contribution >= 4 is 5.91 Å². The normalized spacial score (nSPS) is 18.1. The quantitative estimate of drug-likeness (QED) is 0.751. The summed E-state index contributed by atoms with van der Waals surface area (Å²) in [5.41, 5.74) is 5.58. The van der Waals surface area contributed by atoms with Gasteiger partial charge in [-0.3, -0.25) is 4.79 Å². The van der Waals surface area contributed by atoms with Crippen LogP contribution in [0.3, 0.4) is 0 Å². The van der Waals surface area contributed by atoms with Crippen molar-refractivity contribution in [3.05, 3.63) is 0 Å². The van der Waals surface area contributed by atoms with Crippen LogP contribution in [0.4, 0.5) is 0 Å². The van der Waals surface area contributed by atoms with Crippen LogP contribution in [0.1, 0.15) is 58.8 Å². The van der Waals surface area contributed by atoms with Crippen LogP contribution in [0.25, 0.3) is 0 Å². The van der Waals surface area contributed by atoms with Crippen molar-refractivity contribution < 1.29 is 4.79 Å². The molecule has 0 bridgehead atoms. The average Bonchev–Trinajstić information content (AvgIpc) is 2.58. The van der Waals surface area contributed by atoms with Gasteiger partial charge >= 0.3 is 0 Å². The van der Waals surface area contributed by atoms with E-state index in [0.717, 1.165) is 13.0 Å². The number of amides is 1. The lowest BCUT2D eigenvalue weighted by atomic mass is 10.0. The average molecular weight is 240 g/mol. The highest BCUT2D eigenvalue weighted by Crippen LogP contribution is 2.23. The van der Waals surface area contributed by atoms with Crippen LogP contribution in [0, 0.1) is 5.92 Å². The van der Waals surface area contributed by atoms with Crippen molar-refractivity contribution in [3.63, 3.8) is 0 Å². The summed E-state index contributed by atoms with van der Waals surface area (Å²) in [6.45, 7) is 5.51. The summed E-state index contributed by atoms with van der Waals surface area (Å²) in [6.07, 6.45) is 8.50. The molecule has 3 heteroatoms. The van der Waals surface area contributed by atoms with E-state index >= 15 is 0 Å². The number of nitrogens with zero attached hydrogens (tertiary/aromatic N) is 1. The van der Waals surface area contributed by atoms with Gasteiger partial charge in [0.2, 0.25) is 5.91 Å². The summed E-state index contributed by atoms with van der Waals surface area (Å²) in [5, 5.41) is 0. The number of hydrogen-bond acceptors (Lipinski definition) is 2. The lowest BCUT2D eigenvalue weighted by molar-refractivity contribution is -0.137. The molecule has 1 saturated carbocycles. The first-order chi connectivity index (χ1) is 8.16. The molecular formula is C14H28N2O. The van der Waals surface area contributed by atoms with E-state index in [2.05, 4.69) is 4.90 Å². The Morgan fingerprint density at radius 3 is 2.29 bits per heavy atom. The third-order valence-electron chi connectivity index (χ3n) is 3.65. The number of carbonyl (C=O) groups excluding carboxylic acids is 1. The van der Waals surface area contributed by atoms with Gasteiger partial charge in [-0.05, 0) is 25.8 Å². The molecule has 0 aliphatic heterocycles. The van der Waals surface area contributed by atoms with Crippen LogP contribution in [-0.2, 0) is 4.79 Å². The highest BCUT2D eigenvalue weighted by atomic mass is 16.2. The van der Waals surface area contributed by atoms with Crippen molar-refractivity contribution in [2.24, 2.45) is 11.7 Å². The van der Waals surface area contributed by atoms with Crippen LogP contribution in [0.2, 0.25) is 0 Å². The maximum absolute atomic E-state index is 12.2. The number of hydrogen-bond donors (Lipinski definition) is 1. The van der Waals surface area contributed by atoms with E-state index < -0.39 is 0 Å². The summed E-state index contributed by atoms with van der Waals surface area (Å²) < 4.78 is 0. The highest BCUT2D eigenvalue weighted by Gasteiger charge is 2.25. The summed E-state index contributed by atoms with van der Waals surface area (Å²) in [5.74, 6) is 0.418. The van der Waals surface area contributed by atoms with Crippen molar-refractivity contribution in [2.75, 3.05) is 13.1 Å². The SMILES string of the molecule is CC(C)C(=O)N(CCCN)C1CCCCCC1. The van der Waals surface area contributed by atoms with E-state index in [-0.39, 0.29) is 5.92 Å². The zero-order valence-corrected chi connectivity index (χ0v) is 11.5. The second-order valence-electron chi connectivity index (χ2n) is 5.47. The minimum Gasteiger partial charge on any atom is -0.339 e. The molecule has 1 amide bonds. The van der Waals surface area contributed by atoms with Crippen molar-refractivity contribution in [3.8, 4) is 0 Å². The maximum atomic E-state index is 12.2. The Morgan fingerprint density at radius 1 is 1.24 bits per heavy atom. The van der Waals surface area contributed by atoms with Gasteiger partial charge in [0.25, 0.3) is 0 Å². The van der Waals surface area contributed by atoms with E-state index in [9.17, 15) is 4.79 Å². The highest BCUT2D eigenvalue weighted by molar-refractivity contribution is 5.78. The molecule has 0 heterocycles. The standard InChI is InChI=1S/C14H28N2O/c1-12(2)14(17)16(11-7-10-15)13-8-5-3-4-6-9-13/h12-13H,3-11,15H2,1-2H3. The second kappa shape index (κ2) is 7.70. The lowest BCUT2D eigenvalue weighted by Crippen LogP contribution is -2.43. The molecule has 0 atom stereocenters. The fraction of sp³-hybridized carbons (Fsp3) is 0.929. The van der Waals surface area contributed by atoms with Gasteiger partial charge in [-0.1, -0.05) is 39.5 Å². The van der Waals surface area contributed by atoms with Gasteiger partial charge in [0.15, 0.2) is 0 Å². The molecule has 17 heavy (non-hydrogen) atoms. The van der Waals surface area contributed by atoms with Crippen LogP contribution < -0.4 is 5.73 Å². The molecule has 1 rings (SSSR count). The molecule has 0 radical (unpaired) electrons. The molecular weight excluding hydrogens is 212 g/mol. The molecule has 0 aromatic rings. The Bertz CT molecular complexity index is 220. The first-order valence-corrected chi connectivity index (χ1v) is 7.17. The van der Waals surface area contributed by atoms with Crippen molar-refractivity contribution in [2.45, 2.75) is 64.8 Å². The predicted octanol–water partition coefficient (Wildman–Crippen LogP) is 2.54. The van der Waals surface area contributed by atoms with Crippen LogP contribution >= 0.6 is 0 Å². The zero-order chi connectivity index (χ0) is 12.7. The Kier molecular flexibility index (Phi) is 6.56. The largest absolute Gasteiger partial charge is 0.339 e. The topological polar surface area (TPSA) is 46.3 Å². The fourth-order valence-corrected chi connectivity index (χ4v) is 2.64. The summed E-state index contributed by atoms with van der Waals surface area (Å²) in [4.78, 5) is 14.4. The van der Waals surface area contributed by atoms with Gasteiger partial charge in [-0.15, -0.1) is 0 Å². The molecule has 0 aromatic heterocycles. The molecule has 0 unspecified atom stereocenters. The number of rotatable bonds is 5. The van der Waals surface area contributed by atoms with Gasteiger partial charge in [0.1, 0.15) is 0 Å². The fourth-order valence-electron chi connectivity index (χ4n) is 2.64. The molecule has 1 aliphatic rings. The first-order valence-electron chi connectivity index (χ1n) is 7.17. The predicted molar refractivity (Wildman–Crippen MR) is 71.7 cm³/mol. The van der Waals surface area contributed by atoms with E-state index in [0.29, 0.717) is 18.5 Å². The molecule has 0 aromatic carbocycles. The van der Waals surface area contributed by atoms with E-state index in [4.69, 9.17) is 5.73 Å². The van der Waals surface area contributed by atoms with Crippen molar-refractivity contribution in [1.82, 2.24) is 4.90 Å². The zero-order valence-electron chi connectivity index (χ0n) is 11.5. The maximum Gasteiger partial charge on any atom is 0.225 e. The van der Waals surface area contributed by atoms with Gasteiger partial charge in [0, 0.05) is 18.5 Å². The van der Waals surface area contributed by atoms with Gasteiger partial charge in [-0.2, -0.15) is 0 Å². The van der Waals surface area contributed by atoms with E-state index in [1.54, 1.807) is 0 Å². The van der Waals surface area contributed by atoms with Crippen molar-refractivity contribution in [1.29, 1.82) is 0 Å². The van der Waals surface area contributed by atoms with Gasteiger partial charge < -0.3 is 10.6 Å². The molecule has 3 nitrogen and oxygen atoms in total. The summed E-state index contributed by atoms with van der Waals surface area (Å²) >= 11 is 0. The minimum atomic E-state index is 0.107. The Labute approximate surface area is 106 Å². The third kappa shape index (κ3) is 4.66. The van der Waals surface area contributed by atoms with Gasteiger partial charge in [-0.25, -0.2) is 0 Å². The van der Waals surface area contributed by atoms with E-state index in [1.807, 2.05) is 13.8 Å². The molecule has 1 fully saturated rings. The Morgan fingerprint density at radius 2 is 1.82 bits per heavy atom. The molecule has 1 aliphatic carbocycles. The van der Waals surface area contributed by atoms with Crippen LogP contribution in [-0.4, -0.2) is 29.9 Å².